The van der Waals surface area contributed by atoms with E-state index in [0.717, 1.165) is 10.7 Å². The fourth-order valence-corrected chi connectivity index (χ4v) is 4.29. The minimum Gasteiger partial charge on any atom is -0.506 e. The number of anilines is 1. The van der Waals surface area contributed by atoms with Crippen molar-refractivity contribution in [2.45, 2.75) is 26.4 Å². The number of ether oxygens (including phenoxy) is 1. The summed E-state index contributed by atoms with van der Waals surface area (Å²) in [5.74, 6) is 0.264. The lowest BCUT2D eigenvalue weighted by atomic mass is 9.95. The number of amides is 2. The summed E-state index contributed by atoms with van der Waals surface area (Å²) in [6.45, 7) is 3.31. The number of nitrogens with one attached hydrogen (secondary N) is 1. The molecule has 166 valence electrons. The number of aromatic hydroxyl groups is 1. The number of phenols is 1. The molecule has 0 unspecified atom stereocenters. The van der Waals surface area contributed by atoms with Crippen LogP contribution in [0.25, 0.3) is 0 Å². The Hall–Kier alpha value is -3.39. The molecule has 1 aliphatic heterocycles. The van der Waals surface area contributed by atoms with Gasteiger partial charge in [0.2, 0.25) is 5.91 Å². The maximum absolute atomic E-state index is 13.0. The number of nitrogens with zero attached hydrogens (tertiary/aromatic N) is 2. The summed E-state index contributed by atoms with van der Waals surface area (Å²) in [4.78, 5) is 31.7. The fraction of sp³-hybridized carbons (Fsp3) is 0.292. The zero-order valence-electron chi connectivity index (χ0n) is 17.8. The molecule has 7 nitrogen and oxygen atoms in total. The van der Waals surface area contributed by atoms with Crippen molar-refractivity contribution >= 4 is 28.8 Å². The quantitative estimate of drug-likeness (QED) is 0.548. The largest absolute Gasteiger partial charge is 0.506 e. The van der Waals surface area contributed by atoms with Crippen LogP contribution >= 0.6 is 11.3 Å². The topological polar surface area (TPSA) is 91.8 Å². The van der Waals surface area contributed by atoms with Crippen LogP contribution in [0.3, 0.4) is 0 Å². The van der Waals surface area contributed by atoms with Crippen LogP contribution in [0.5, 0.6) is 11.5 Å². The van der Waals surface area contributed by atoms with Crippen molar-refractivity contribution in [3.63, 3.8) is 0 Å². The Morgan fingerprint density at radius 1 is 1.19 bits per heavy atom. The van der Waals surface area contributed by atoms with E-state index < -0.39 is 0 Å². The van der Waals surface area contributed by atoms with Crippen LogP contribution in [-0.4, -0.2) is 39.9 Å². The Morgan fingerprint density at radius 2 is 1.97 bits per heavy atom. The second-order valence-electron chi connectivity index (χ2n) is 7.75. The van der Waals surface area contributed by atoms with Crippen LogP contribution in [-0.2, 0) is 11.4 Å². The van der Waals surface area contributed by atoms with Gasteiger partial charge in [-0.3, -0.25) is 9.59 Å². The van der Waals surface area contributed by atoms with E-state index in [1.807, 2.05) is 18.4 Å². The molecule has 0 saturated carbocycles. The number of phenolic OH excluding ortho intramolecular Hbond substituents is 1. The molecule has 1 fully saturated rings. The van der Waals surface area contributed by atoms with Gasteiger partial charge in [0.15, 0.2) is 0 Å². The summed E-state index contributed by atoms with van der Waals surface area (Å²) in [7, 11) is 0. The number of thiazole rings is 1. The maximum atomic E-state index is 13.0. The summed E-state index contributed by atoms with van der Waals surface area (Å²) in [5.41, 5.74) is 1.84. The zero-order chi connectivity index (χ0) is 22.5. The van der Waals surface area contributed by atoms with Gasteiger partial charge in [0, 0.05) is 30.0 Å². The minimum absolute atomic E-state index is 0.0421. The standard InChI is InChI=1S/C24H25N3O4S/c1-16-25-19(15-32-16)14-31-20-6-4-5-18(13-20)24(30)27-11-9-17(10-12-27)23(29)26-21-7-2-3-8-22(21)28/h2-8,13,15,17,28H,9-12,14H2,1H3,(H,26,29). The van der Waals surface area contributed by atoms with Crippen molar-refractivity contribution in [2.75, 3.05) is 18.4 Å². The van der Waals surface area contributed by atoms with Gasteiger partial charge in [-0.15, -0.1) is 11.3 Å². The Labute approximate surface area is 190 Å². The monoisotopic (exact) mass is 451 g/mol. The highest BCUT2D eigenvalue weighted by molar-refractivity contribution is 7.09. The number of benzene rings is 2. The van der Waals surface area contributed by atoms with Crippen LogP contribution in [0.4, 0.5) is 5.69 Å². The molecule has 0 aliphatic carbocycles. The third kappa shape index (κ3) is 5.26. The molecule has 2 aromatic carbocycles. The number of hydrogen-bond acceptors (Lipinski definition) is 6. The number of likely N-dealkylation sites (tertiary alicyclic amines) is 1. The molecule has 8 heteroatoms. The Balaban J connectivity index is 1.31. The molecule has 2 N–H and O–H groups in total. The first-order valence-electron chi connectivity index (χ1n) is 10.5. The zero-order valence-corrected chi connectivity index (χ0v) is 18.6. The molecular formula is C24H25N3O4S. The van der Waals surface area contributed by atoms with Gasteiger partial charge < -0.3 is 20.1 Å². The molecule has 4 rings (SSSR count). The molecule has 0 bridgehead atoms. The average molecular weight is 452 g/mol. The molecule has 2 amide bonds. The first-order valence-corrected chi connectivity index (χ1v) is 11.4. The average Bonchev–Trinajstić information content (AvgIpc) is 3.24. The Bertz CT molecular complexity index is 1110. The van der Waals surface area contributed by atoms with Crippen molar-refractivity contribution in [3.8, 4) is 11.5 Å². The fourth-order valence-electron chi connectivity index (χ4n) is 3.69. The van der Waals surface area contributed by atoms with Crippen molar-refractivity contribution in [1.29, 1.82) is 0 Å². The first kappa shape index (κ1) is 21.8. The van der Waals surface area contributed by atoms with E-state index >= 15 is 0 Å². The van der Waals surface area contributed by atoms with Gasteiger partial charge in [-0.05, 0) is 50.1 Å². The smallest absolute Gasteiger partial charge is 0.253 e. The third-order valence-electron chi connectivity index (χ3n) is 5.45. The lowest BCUT2D eigenvalue weighted by Gasteiger charge is -2.31. The van der Waals surface area contributed by atoms with Gasteiger partial charge in [0.1, 0.15) is 18.1 Å². The molecule has 3 aromatic rings. The number of rotatable bonds is 6. The van der Waals surface area contributed by atoms with Crippen molar-refractivity contribution in [3.05, 3.63) is 70.2 Å². The Kier molecular flexibility index (Phi) is 6.70. The van der Waals surface area contributed by atoms with Gasteiger partial charge in [-0.25, -0.2) is 4.98 Å². The third-order valence-corrected chi connectivity index (χ3v) is 6.27. The number of para-hydroxylation sites is 2. The molecule has 0 atom stereocenters. The minimum atomic E-state index is -0.199. The van der Waals surface area contributed by atoms with E-state index in [2.05, 4.69) is 10.3 Å². The molecule has 1 aliphatic rings. The van der Waals surface area contributed by atoms with Gasteiger partial charge in [-0.1, -0.05) is 18.2 Å². The lowest BCUT2D eigenvalue weighted by Crippen LogP contribution is -2.41. The molecule has 1 saturated heterocycles. The second-order valence-corrected chi connectivity index (χ2v) is 8.81. The van der Waals surface area contributed by atoms with Crippen molar-refractivity contribution in [2.24, 2.45) is 5.92 Å². The van der Waals surface area contributed by atoms with Gasteiger partial charge in [0.05, 0.1) is 16.4 Å². The maximum Gasteiger partial charge on any atom is 0.253 e. The van der Waals surface area contributed by atoms with E-state index in [-0.39, 0.29) is 23.5 Å². The van der Waals surface area contributed by atoms with E-state index in [4.69, 9.17) is 4.74 Å². The highest BCUT2D eigenvalue weighted by atomic mass is 32.1. The Morgan fingerprint density at radius 3 is 2.69 bits per heavy atom. The predicted octanol–water partition coefficient (Wildman–Crippen LogP) is 4.23. The number of hydrogen-bond donors (Lipinski definition) is 2. The van der Waals surface area contributed by atoms with E-state index in [0.29, 0.717) is 49.5 Å². The normalized spacial score (nSPS) is 14.2. The van der Waals surface area contributed by atoms with Crippen LogP contribution in [0, 0.1) is 12.8 Å². The number of aryl methyl sites for hydroxylation is 1. The van der Waals surface area contributed by atoms with E-state index in [1.54, 1.807) is 52.6 Å². The molecule has 0 radical (unpaired) electrons. The van der Waals surface area contributed by atoms with Gasteiger partial charge in [-0.2, -0.15) is 0 Å². The first-order chi connectivity index (χ1) is 15.5. The highest BCUT2D eigenvalue weighted by Gasteiger charge is 2.28. The molecule has 2 heterocycles. The summed E-state index contributed by atoms with van der Waals surface area (Å²) in [5, 5.41) is 15.6. The van der Waals surface area contributed by atoms with E-state index in [1.165, 1.54) is 6.07 Å². The number of carbonyl (C=O) groups excluding carboxylic acids is 2. The predicted molar refractivity (Wildman–Crippen MR) is 123 cm³/mol. The summed E-state index contributed by atoms with van der Waals surface area (Å²) in [6.07, 6.45) is 1.15. The number of aromatic nitrogens is 1. The van der Waals surface area contributed by atoms with Crippen molar-refractivity contribution < 1.29 is 19.4 Å². The van der Waals surface area contributed by atoms with Crippen LogP contribution < -0.4 is 10.1 Å². The number of carbonyl (C=O) groups is 2. The van der Waals surface area contributed by atoms with Gasteiger partial charge in [0.25, 0.3) is 5.91 Å². The van der Waals surface area contributed by atoms with Crippen LogP contribution in [0.1, 0.15) is 33.9 Å². The second kappa shape index (κ2) is 9.82. The van der Waals surface area contributed by atoms with Gasteiger partial charge >= 0.3 is 0 Å². The highest BCUT2D eigenvalue weighted by Crippen LogP contribution is 2.26. The molecule has 32 heavy (non-hydrogen) atoms. The number of piperidine rings is 1. The molecule has 0 spiro atoms. The van der Waals surface area contributed by atoms with Crippen LogP contribution in [0.15, 0.2) is 53.9 Å². The molecule has 1 aromatic heterocycles. The van der Waals surface area contributed by atoms with E-state index in [9.17, 15) is 14.7 Å². The lowest BCUT2D eigenvalue weighted by molar-refractivity contribution is -0.121. The summed E-state index contributed by atoms with van der Waals surface area (Å²) >= 11 is 1.58. The molecular weight excluding hydrogens is 426 g/mol. The summed E-state index contributed by atoms with van der Waals surface area (Å²) in [6, 6.07) is 13.8. The summed E-state index contributed by atoms with van der Waals surface area (Å²) < 4.78 is 5.80. The van der Waals surface area contributed by atoms with Crippen LogP contribution in [0.2, 0.25) is 0 Å². The van der Waals surface area contributed by atoms with Crippen molar-refractivity contribution in [1.82, 2.24) is 9.88 Å². The SMILES string of the molecule is Cc1nc(COc2cccc(C(=O)N3CCC(C(=O)Nc4ccccc4O)CC3)c2)cs1.